The average Bonchev–Trinajstić information content (AvgIpc) is 2.98. The van der Waals surface area contributed by atoms with Gasteiger partial charge in [0, 0.05) is 24.8 Å². The summed E-state index contributed by atoms with van der Waals surface area (Å²) in [6, 6.07) is 21.9. The summed E-state index contributed by atoms with van der Waals surface area (Å²) in [7, 11) is 0. The number of nitrogens with one attached hydrogen (secondary N) is 1. The average molecular weight is 508 g/mol. The number of anilines is 2. The largest absolute Gasteiger partial charge is 0.466 e. The number of piperidine rings is 1. The van der Waals surface area contributed by atoms with Crippen molar-refractivity contribution in [2.45, 2.75) is 19.8 Å². The van der Waals surface area contributed by atoms with Crippen molar-refractivity contribution in [2.75, 3.05) is 29.9 Å². The predicted octanol–water partition coefficient (Wildman–Crippen LogP) is 5.24. The van der Waals surface area contributed by atoms with E-state index in [1.54, 1.807) is 12.4 Å². The van der Waals surface area contributed by atoms with Crippen LogP contribution < -0.4 is 10.2 Å². The molecule has 1 aliphatic rings. The number of rotatable bonds is 7. The smallest absolute Gasteiger partial charge is 0.309 e. The van der Waals surface area contributed by atoms with Crippen LogP contribution >= 0.6 is 0 Å². The summed E-state index contributed by atoms with van der Waals surface area (Å²) in [6.45, 7) is 3.58. The molecule has 192 valence electrons. The van der Waals surface area contributed by atoms with Gasteiger partial charge in [-0.15, -0.1) is 0 Å². The second-order valence-corrected chi connectivity index (χ2v) is 9.07. The van der Waals surface area contributed by atoms with Crippen LogP contribution in [-0.4, -0.2) is 46.5 Å². The molecule has 1 fully saturated rings. The standard InChI is InChI=1S/C30H29N5O3/c1-2-38-30(37)23-13-15-35(16-14-23)28-20-31-26(19-33-28)29(36)34-27-17-24(21-9-5-3-6-10-21)25(18-32-27)22-11-7-4-8-12-22/h3-12,17-20,23H,2,13-16H2,1H3,(H,32,34,36). The maximum absolute atomic E-state index is 13.0. The number of esters is 1. The lowest BCUT2D eigenvalue weighted by atomic mass is 9.96. The summed E-state index contributed by atoms with van der Waals surface area (Å²) in [5.41, 5.74) is 4.22. The first-order valence-corrected chi connectivity index (χ1v) is 12.8. The lowest BCUT2D eigenvalue weighted by molar-refractivity contribution is -0.148. The van der Waals surface area contributed by atoms with Gasteiger partial charge in [0.25, 0.3) is 5.91 Å². The van der Waals surface area contributed by atoms with Gasteiger partial charge >= 0.3 is 5.97 Å². The van der Waals surface area contributed by atoms with Crippen LogP contribution in [0.1, 0.15) is 30.3 Å². The number of ether oxygens (including phenoxy) is 1. The number of nitrogens with zero attached hydrogens (tertiary/aromatic N) is 4. The van der Waals surface area contributed by atoms with Gasteiger partial charge in [-0.3, -0.25) is 9.59 Å². The van der Waals surface area contributed by atoms with E-state index in [1.807, 2.05) is 73.7 Å². The Bertz CT molecular complexity index is 1390. The molecule has 0 spiro atoms. The van der Waals surface area contributed by atoms with Gasteiger partial charge in [-0.05, 0) is 42.5 Å². The van der Waals surface area contributed by atoms with Crippen LogP contribution in [0.4, 0.5) is 11.6 Å². The minimum Gasteiger partial charge on any atom is -0.466 e. The lowest BCUT2D eigenvalue weighted by Gasteiger charge is -2.31. The number of aromatic nitrogens is 3. The molecule has 5 rings (SSSR count). The molecule has 0 atom stereocenters. The molecule has 2 aromatic carbocycles. The first-order valence-electron chi connectivity index (χ1n) is 12.8. The summed E-state index contributed by atoms with van der Waals surface area (Å²) >= 11 is 0. The molecule has 1 aliphatic heterocycles. The third-order valence-electron chi connectivity index (χ3n) is 6.62. The maximum Gasteiger partial charge on any atom is 0.309 e. The Kier molecular flexibility index (Phi) is 7.68. The van der Waals surface area contributed by atoms with Crippen molar-refractivity contribution in [3.05, 3.63) is 91.0 Å². The zero-order chi connectivity index (χ0) is 26.3. The normalized spacial score (nSPS) is 13.7. The number of amides is 1. The van der Waals surface area contributed by atoms with E-state index in [0.717, 1.165) is 22.3 Å². The van der Waals surface area contributed by atoms with E-state index in [0.29, 0.717) is 44.2 Å². The van der Waals surface area contributed by atoms with Crippen LogP contribution in [0.3, 0.4) is 0 Å². The molecule has 2 aromatic heterocycles. The highest BCUT2D eigenvalue weighted by Crippen LogP contribution is 2.33. The van der Waals surface area contributed by atoms with Gasteiger partial charge in [-0.1, -0.05) is 60.7 Å². The van der Waals surface area contributed by atoms with Crippen molar-refractivity contribution < 1.29 is 14.3 Å². The van der Waals surface area contributed by atoms with Crippen molar-refractivity contribution >= 4 is 23.5 Å². The van der Waals surface area contributed by atoms with Gasteiger partial charge in [0.15, 0.2) is 0 Å². The Morgan fingerprint density at radius 2 is 1.53 bits per heavy atom. The minimum absolute atomic E-state index is 0.0780. The van der Waals surface area contributed by atoms with Gasteiger partial charge in [0.2, 0.25) is 0 Å². The van der Waals surface area contributed by atoms with Gasteiger partial charge in [-0.2, -0.15) is 0 Å². The van der Waals surface area contributed by atoms with Crippen molar-refractivity contribution in [2.24, 2.45) is 5.92 Å². The fourth-order valence-corrected chi connectivity index (χ4v) is 4.61. The van der Waals surface area contributed by atoms with Crippen LogP contribution in [0.5, 0.6) is 0 Å². The summed E-state index contributed by atoms with van der Waals surface area (Å²) in [5, 5.41) is 2.86. The topological polar surface area (TPSA) is 97.3 Å². The molecule has 4 aromatic rings. The van der Waals surface area contributed by atoms with Gasteiger partial charge < -0.3 is 15.0 Å². The predicted molar refractivity (Wildman–Crippen MR) is 147 cm³/mol. The van der Waals surface area contributed by atoms with E-state index >= 15 is 0 Å². The molecule has 1 amide bonds. The monoisotopic (exact) mass is 507 g/mol. The molecular formula is C30H29N5O3. The van der Waals surface area contributed by atoms with Gasteiger partial charge in [-0.25, -0.2) is 15.0 Å². The fraction of sp³-hybridized carbons (Fsp3) is 0.233. The quantitative estimate of drug-likeness (QED) is 0.342. The number of hydrogen-bond acceptors (Lipinski definition) is 7. The van der Waals surface area contributed by atoms with Crippen molar-refractivity contribution in [3.63, 3.8) is 0 Å². The van der Waals surface area contributed by atoms with Gasteiger partial charge in [0.1, 0.15) is 17.3 Å². The zero-order valence-electron chi connectivity index (χ0n) is 21.2. The molecule has 38 heavy (non-hydrogen) atoms. The Balaban J connectivity index is 1.29. The molecule has 0 radical (unpaired) electrons. The Hall–Kier alpha value is -4.59. The summed E-state index contributed by atoms with van der Waals surface area (Å²) in [6.07, 6.45) is 6.26. The first-order chi connectivity index (χ1) is 18.6. The third-order valence-corrected chi connectivity index (χ3v) is 6.62. The molecule has 0 aliphatic carbocycles. The second kappa shape index (κ2) is 11.6. The first kappa shape index (κ1) is 25.1. The number of benzene rings is 2. The van der Waals surface area contributed by atoms with Crippen LogP contribution in [0.25, 0.3) is 22.3 Å². The SMILES string of the molecule is CCOC(=O)C1CCN(c2cnc(C(=O)Nc3cc(-c4ccccc4)c(-c4ccccc4)cn3)cn2)CC1. The molecule has 1 saturated heterocycles. The van der Waals surface area contributed by atoms with E-state index in [1.165, 1.54) is 6.20 Å². The summed E-state index contributed by atoms with van der Waals surface area (Å²) < 4.78 is 5.14. The van der Waals surface area contributed by atoms with E-state index in [2.05, 4.69) is 25.2 Å². The molecule has 3 heterocycles. The summed E-state index contributed by atoms with van der Waals surface area (Å²) in [5.74, 6) is 0.516. The van der Waals surface area contributed by atoms with Gasteiger partial charge in [0.05, 0.1) is 24.9 Å². The highest BCUT2D eigenvalue weighted by atomic mass is 16.5. The molecule has 0 bridgehead atoms. The summed E-state index contributed by atoms with van der Waals surface area (Å²) in [4.78, 5) is 40.3. The fourth-order valence-electron chi connectivity index (χ4n) is 4.61. The molecule has 8 heteroatoms. The molecule has 8 nitrogen and oxygen atoms in total. The maximum atomic E-state index is 13.0. The van der Waals surface area contributed by atoms with E-state index < -0.39 is 0 Å². The van der Waals surface area contributed by atoms with E-state index in [9.17, 15) is 9.59 Å². The van der Waals surface area contributed by atoms with Crippen LogP contribution in [0.2, 0.25) is 0 Å². The molecule has 0 unspecified atom stereocenters. The highest BCUT2D eigenvalue weighted by molar-refractivity contribution is 6.02. The number of pyridine rings is 1. The lowest BCUT2D eigenvalue weighted by Crippen LogP contribution is -2.37. The molecule has 0 saturated carbocycles. The van der Waals surface area contributed by atoms with Crippen molar-refractivity contribution in [3.8, 4) is 22.3 Å². The number of carbonyl (C=O) groups excluding carboxylic acids is 2. The van der Waals surface area contributed by atoms with E-state index in [4.69, 9.17) is 4.74 Å². The zero-order valence-corrected chi connectivity index (χ0v) is 21.2. The van der Waals surface area contributed by atoms with Crippen LogP contribution in [0.15, 0.2) is 85.3 Å². The van der Waals surface area contributed by atoms with Crippen molar-refractivity contribution in [1.29, 1.82) is 0 Å². The third kappa shape index (κ3) is 5.70. The second-order valence-electron chi connectivity index (χ2n) is 9.07. The molecular weight excluding hydrogens is 478 g/mol. The van der Waals surface area contributed by atoms with Crippen LogP contribution in [0, 0.1) is 5.92 Å². The Labute approximate surface area is 221 Å². The van der Waals surface area contributed by atoms with Crippen LogP contribution in [-0.2, 0) is 9.53 Å². The Morgan fingerprint density at radius 1 is 0.868 bits per heavy atom. The van der Waals surface area contributed by atoms with E-state index in [-0.39, 0.29) is 23.5 Å². The van der Waals surface area contributed by atoms with Crippen molar-refractivity contribution in [1.82, 2.24) is 15.0 Å². The number of carbonyl (C=O) groups is 2. The molecule has 1 N–H and O–H groups in total. The minimum atomic E-state index is -0.385. The highest BCUT2D eigenvalue weighted by Gasteiger charge is 2.26. The number of hydrogen-bond donors (Lipinski definition) is 1. The Morgan fingerprint density at radius 3 is 2.13 bits per heavy atom.